The zero-order valence-corrected chi connectivity index (χ0v) is 11.0. The standard InChI is InChI=1S/C14H23NO/c1-11-10-12(14(2,3)4)6-7-13(11)15(5)8-9-16/h6-7,10,16H,8-9H2,1-5H3. The van der Waals surface area contributed by atoms with Gasteiger partial charge in [-0.25, -0.2) is 0 Å². The molecule has 0 heterocycles. The molecule has 0 unspecified atom stereocenters. The molecule has 0 fully saturated rings. The lowest BCUT2D eigenvalue weighted by Crippen LogP contribution is -2.22. The number of rotatable bonds is 3. The van der Waals surface area contributed by atoms with Gasteiger partial charge in [0.05, 0.1) is 6.61 Å². The molecule has 0 spiro atoms. The summed E-state index contributed by atoms with van der Waals surface area (Å²) in [6.07, 6.45) is 0. The Hall–Kier alpha value is -1.02. The number of aliphatic hydroxyl groups is 1. The first-order valence-electron chi connectivity index (χ1n) is 5.79. The van der Waals surface area contributed by atoms with E-state index < -0.39 is 0 Å². The van der Waals surface area contributed by atoms with Gasteiger partial charge in [0.1, 0.15) is 0 Å². The Morgan fingerprint density at radius 1 is 1.25 bits per heavy atom. The molecule has 0 bridgehead atoms. The Kier molecular flexibility index (Phi) is 3.98. The van der Waals surface area contributed by atoms with Gasteiger partial charge in [0.2, 0.25) is 0 Å². The lowest BCUT2D eigenvalue weighted by Gasteiger charge is -2.24. The number of hydrogen-bond donors (Lipinski definition) is 1. The van der Waals surface area contributed by atoms with E-state index in [1.165, 1.54) is 16.8 Å². The van der Waals surface area contributed by atoms with Gasteiger partial charge in [-0.1, -0.05) is 32.9 Å². The Bertz CT molecular complexity index is 352. The Labute approximate surface area is 98.9 Å². The lowest BCUT2D eigenvalue weighted by atomic mass is 9.86. The van der Waals surface area contributed by atoms with Gasteiger partial charge in [0.25, 0.3) is 0 Å². The summed E-state index contributed by atoms with van der Waals surface area (Å²) in [5.41, 5.74) is 4.01. The molecule has 0 radical (unpaired) electrons. The van der Waals surface area contributed by atoms with Crippen LogP contribution in [0.2, 0.25) is 0 Å². The summed E-state index contributed by atoms with van der Waals surface area (Å²) in [5.74, 6) is 0. The third-order valence-corrected chi connectivity index (χ3v) is 2.91. The van der Waals surface area contributed by atoms with Crippen molar-refractivity contribution < 1.29 is 5.11 Å². The Morgan fingerprint density at radius 2 is 1.88 bits per heavy atom. The van der Waals surface area contributed by atoms with Gasteiger partial charge in [0.15, 0.2) is 0 Å². The fourth-order valence-electron chi connectivity index (χ4n) is 1.82. The molecule has 0 saturated heterocycles. The molecule has 2 heteroatoms. The van der Waals surface area contributed by atoms with Gasteiger partial charge in [-0.2, -0.15) is 0 Å². The van der Waals surface area contributed by atoms with Crippen LogP contribution in [0.4, 0.5) is 5.69 Å². The Balaban J connectivity index is 3.00. The molecule has 0 amide bonds. The SMILES string of the molecule is Cc1cc(C(C)(C)C)ccc1N(C)CCO. The molecule has 1 aromatic rings. The van der Waals surface area contributed by atoms with Crippen LogP contribution < -0.4 is 4.90 Å². The van der Waals surface area contributed by atoms with Gasteiger partial charge >= 0.3 is 0 Å². The van der Waals surface area contributed by atoms with E-state index in [-0.39, 0.29) is 12.0 Å². The van der Waals surface area contributed by atoms with Crippen LogP contribution in [-0.4, -0.2) is 25.3 Å². The molecule has 0 saturated carbocycles. The van der Waals surface area contributed by atoms with Crippen LogP contribution >= 0.6 is 0 Å². The summed E-state index contributed by atoms with van der Waals surface area (Å²) in [4.78, 5) is 2.09. The van der Waals surface area contributed by atoms with Gasteiger partial charge in [-0.3, -0.25) is 0 Å². The quantitative estimate of drug-likeness (QED) is 0.848. The Morgan fingerprint density at radius 3 is 2.31 bits per heavy atom. The van der Waals surface area contributed by atoms with Crippen LogP contribution in [0.25, 0.3) is 0 Å². The van der Waals surface area contributed by atoms with E-state index in [0.29, 0.717) is 6.54 Å². The minimum absolute atomic E-state index is 0.191. The fourth-order valence-corrected chi connectivity index (χ4v) is 1.82. The first-order chi connectivity index (χ1) is 7.36. The third kappa shape index (κ3) is 2.99. The van der Waals surface area contributed by atoms with E-state index in [0.717, 1.165) is 0 Å². The maximum atomic E-state index is 8.93. The number of aryl methyl sites for hydroxylation is 1. The molecule has 0 aliphatic carbocycles. The fraction of sp³-hybridized carbons (Fsp3) is 0.571. The van der Waals surface area contributed by atoms with Crippen molar-refractivity contribution in [1.29, 1.82) is 0 Å². The number of likely N-dealkylation sites (N-methyl/N-ethyl adjacent to an activating group) is 1. The van der Waals surface area contributed by atoms with Crippen molar-refractivity contribution in [3.63, 3.8) is 0 Å². The van der Waals surface area contributed by atoms with Crippen LogP contribution in [0.15, 0.2) is 18.2 Å². The zero-order valence-electron chi connectivity index (χ0n) is 11.0. The summed E-state index contributed by atoms with van der Waals surface area (Å²) < 4.78 is 0. The van der Waals surface area contributed by atoms with Gasteiger partial charge in [-0.15, -0.1) is 0 Å². The first-order valence-corrected chi connectivity index (χ1v) is 5.79. The lowest BCUT2D eigenvalue weighted by molar-refractivity contribution is 0.304. The second kappa shape index (κ2) is 4.88. The maximum Gasteiger partial charge on any atom is 0.0606 e. The zero-order chi connectivity index (χ0) is 12.3. The van der Waals surface area contributed by atoms with Crippen LogP contribution in [0.3, 0.4) is 0 Å². The molecule has 1 rings (SSSR count). The van der Waals surface area contributed by atoms with Crippen molar-refractivity contribution >= 4 is 5.69 Å². The van der Waals surface area contributed by atoms with E-state index in [9.17, 15) is 0 Å². The van der Waals surface area contributed by atoms with Gasteiger partial charge in [0, 0.05) is 19.3 Å². The first kappa shape index (κ1) is 13.0. The van der Waals surface area contributed by atoms with Crippen molar-refractivity contribution in [3.8, 4) is 0 Å². The summed E-state index contributed by atoms with van der Waals surface area (Å²) >= 11 is 0. The predicted molar refractivity (Wildman–Crippen MR) is 70.2 cm³/mol. The average molecular weight is 221 g/mol. The number of aliphatic hydroxyl groups excluding tert-OH is 1. The summed E-state index contributed by atoms with van der Waals surface area (Å²) in [7, 11) is 2.01. The summed E-state index contributed by atoms with van der Waals surface area (Å²) in [5, 5.41) is 8.93. The van der Waals surface area contributed by atoms with Crippen LogP contribution in [0, 0.1) is 6.92 Å². The average Bonchev–Trinajstić information content (AvgIpc) is 2.16. The van der Waals surface area contributed by atoms with E-state index in [2.05, 4.69) is 50.8 Å². The van der Waals surface area contributed by atoms with Crippen LogP contribution in [-0.2, 0) is 5.41 Å². The van der Waals surface area contributed by atoms with E-state index in [4.69, 9.17) is 5.11 Å². The highest BCUT2D eigenvalue weighted by Crippen LogP contribution is 2.27. The molecule has 0 aliphatic heterocycles. The highest BCUT2D eigenvalue weighted by Gasteiger charge is 2.15. The number of benzene rings is 1. The summed E-state index contributed by atoms with van der Waals surface area (Å²) in [6.45, 7) is 9.65. The molecule has 16 heavy (non-hydrogen) atoms. The second-order valence-electron chi connectivity index (χ2n) is 5.40. The molecular formula is C14H23NO. The normalized spacial score (nSPS) is 11.6. The predicted octanol–water partition coefficient (Wildman–Crippen LogP) is 2.72. The van der Waals surface area contributed by atoms with E-state index >= 15 is 0 Å². The highest BCUT2D eigenvalue weighted by atomic mass is 16.3. The van der Waals surface area contributed by atoms with Crippen LogP contribution in [0.5, 0.6) is 0 Å². The molecule has 0 aliphatic rings. The van der Waals surface area contributed by atoms with E-state index in [1.54, 1.807) is 0 Å². The molecule has 0 aromatic heterocycles. The third-order valence-electron chi connectivity index (χ3n) is 2.91. The van der Waals surface area contributed by atoms with Crippen molar-refractivity contribution in [1.82, 2.24) is 0 Å². The number of hydrogen-bond acceptors (Lipinski definition) is 2. The second-order valence-corrected chi connectivity index (χ2v) is 5.40. The number of nitrogens with zero attached hydrogens (tertiary/aromatic N) is 1. The van der Waals surface area contributed by atoms with Crippen molar-refractivity contribution in [2.45, 2.75) is 33.1 Å². The topological polar surface area (TPSA) is 23.5 Å². The molecule has 0 atom stereocenters. The molecular weight excluding hydrogens is 198 g/mol. The van der Waals surface area contributed by atoms with Crippen molar-refractivity contribution in [3.05, 3.63) is 29.3 Å². The summed E-state index contributed by atoms with van der Waals surface area (Å²) in [6, 6.07) is 6.56. The largest absolute Gasteiger partial charge is 0.395 e. The molecule has 1 aromatic carbocycles. The molecule has 1 N–H and O–H groups in total. The monoisotopic (exact) mass is 221 g/mol. The van der Waals surface area contributed by atoms with Gasteiger partial charge < -0.3 is 10.0 Å². The van der Waals surface area contributed by atoms with E-state index in [1.807, 2.05) is 7.05 Å². The van der Waals surface area contributed by atoms with Crippen LogP contribution in [0.1, 0.15) is 31.9 Å². The minimum Gasteiger partial charge on any atom is -0.395 e. The minimum atomic E-state index is 0.191. The number of anilines is 1. The smallest absolute Gasteiger partial charge is 0.0606 e. The molecule has 2 nitrogen and oxygen atoms in total. The molecule has 90 valence electrons. The van der Waals surface area contributed by atoms with Crippen molar-refractivity contribution in [2.75, 3.05) is 25.1 Å². The highest BCUT2D eigenvalue weighted by molar-refractivity contribution is 5.54. The maximum absolute atomic E-state index is 8.93. The van der Waals surface area contributed by atoms with Gasteiger partial charge in [-0.05, 0) is 29.5 Å². The van der Waals surface area contributed by atoms with Crippen molar-refractivity contribution in [2.24, 2.45) is 0 Å².